The molecule has 11 heteroatoms. The van der Waals surface area contributed by atoms with Crippen LogP contribution < -0.4 is 0 Å². The van der Waals surface area contributed by atoms with Gasteiger partial charge in [0.1, 0.15) is 30.0 Å². The van der Waals surface area contributed by atoms with Crippen LogP contribution >= 0.6 is 0 Å². The molecule has 0 aromatic rings. The van der Waals surface area contributed by atoms with E-state index in [1.807, 2.05) is 6.92 Å². The van der Waals surface area contributed by atoms with Gasteiger partial charge in [-0.15, -0.1) is 0 Å². The SMILES string of the molecule is C[C@H](CO)CCC[C@@H](C)[C@H]1[C@@H](O)[C@H](O)[C@@H]2[C@]1(C)CC[C@H]1[C@@]2(O)C[C@@H](O)[C@]23O[C@H]2[C@@H](O[C@@H]2OC[C@@H](O)[C@H](O)[C@H]2O)CC[C@]13C. The van der Waals surface area contributed by atoms with Gasteiger partial charge in [0.15, 0.2) is 6.29 Å². The number of hydrogen-bond donors (Lipinski definition) is 8. The summed E-state index contributed by atoms with van der Waals surface area (Å²) in [7, 11) is 0. The van der Waals surface area contributed by atoms with Gasteiger partial charge in [-0.05, 0) is 61.2 Å². The van der Waals surface area contributed by atoms with E-state index < -0.39 is 83.1 Å². The normalized spacial score (nSPS) is 57.2. The van der Waals surface area contributed by atoms with Crippen molar-refractivity contribution in [2.75, 3.05) is 13.2 Å². The second kappa shape index (κ2) is 11.1. The van der Waals surface area contributed by atoms with E-state index in [0.29, 0.717) is 19.3 Å². The number of aliphatic hydroxyl groups excluding tert-OH is 7. The van der Waals surface area contributed by atoms with Crippen LogP contribution in [0.25, 0.3) is 0 Å². The lowest BCUT2D eigenvalue weighted by Gasteiger charge is -2.65. The fourth-order valence-corrected chi connectivity index (χ4v) is 11.2. The molecular weight excluding hydrogens is 560 g/mol. The van der Waals surface area contributed by atoms with Crippen LogP contribution in [0.1, 0.15) is 79.1 Å². The van der Waals surface area contributed by atoms with Gasteiger partial charge < -0.3 is 55.1 Å². The third-order valence-electron chi connectivity index (χ3n) is 13.3. The Morgan fingerprint density at radius 2 is 1.63 bits per heavy atom. The summed E-state index contributed by atoms with van der Waals surface area (Å²) in [6.07, 6.45) is -4.11. The monoisotopic (exact) mass is 614 g/mol. The molecule has 4 aliphatic carbocycles. The maximum atomic E-state index is 12.7. The van der Waals surface area contributed by atoms with Crippen LogP contribution in [0.4, 0.5) is 0 Å². The first kappa shape index (κ1) is 32.5. The van der Waals surface area contributed by atoms with E-state index in [4.69, 9.17) is 14.2 Å². The van der Waals surface area contributed by atoms with Crippen molar-refractivity contribution >= 4 is 0 Å². The fourth-order valence-electron chi connectivity index (χ4n) is 11.2. The van der Waals surface area contributed by atoms with Crippen molar-refractivity contribution in [2.45, 2.75) is 145 Å². The molecule has 2 saturated heterocycles. The Morgan fingerprint density at radius 1 is 0.907 bits per heavy atom. The zero-order chi connectivity index (χ0) is 31.3. The van der Waals surface area contributed by atoms with E-state index in [1.54, 1.807) is 0 Å². The summed E-state index contributed by atoms with van der Waals surface area (Å²) in [6.45, 7) is 8.29. The van der Waals surface area contributed by atoms with Crippen molar-refractivity contribution in [3.63, 3.8) is 0 Å². The Kier molecular flexibility index (Phi) is 8.37. The van der Waals surface area contributed by atoms with Gasteiger partial charge in [-0.1, -0.05) is 40.5 Å². The van der Waals surface area contributed by atoms with Crippen molar-refractivity contribution in [1.82, 2.24) is 0 Å². The van der Waals surface area contributed by atoms with Crippen LogP contribution in [0, 0.1) is 40.4 Å². The van der Waals surface area contributed by atoms with Crippen molar-refractivity contribution in [3.05, 3.63) is 0 Å². The van der Waals surface area contributed by atoms with E-state index in [1.165, 1.54) is 0 Å². The summed E-state index contributed by atoms with van der Waals surface area (Å²) >= 11 is 0. The van der Waals surface area contributed by atoms with E-state index >= 15 is 0 Å². The average Bonchev–Trinajstić information content (AvgIpc) is 3.68. The van der Waals surface area contributed by atoms with Gasteiger partial charge in [-0.2, -0.15) is 0 Å². The molecule has 6 fully saturated rings. The first-order valence-electron chi connectivity index (χ1n) is 16.5. The summed E-state index contributed by atoms with van der Waals surface area (Å²) in [5.41, 5.74) is -3.51. The van der Waals surface area contributed by atoms with Crippen molar-refractivity contribution in [3.8, 4) is 0 Å². The predicted molar refractivity (Wildman–Crippen MR) is 152 cm³/mol. The van der Waals surface area contributed by atoms with Crippen LogP contribution in [-0.4, -0.2) is 120 Å². The Hall–Kier alpha value is -0.440. The summed E-state index contributed by atoms with van der Waals surface area (Å²) in [4.78, 5) is 0. The lowest BCUT2D eigenvalue weighted by molar-refractivity contribution is -0.291. The zero-order valence-corrected chi connectivity index (χ0v) is 26.0. The van der Waals surface area contributed by atoms with Gasteiger partial charge in [0.2, 0.25) is 0 Å². The summed E-state index contributed by atoms with van der Waals surface area (Å²) in [5, 5.41) is 87.3. The van der Waals surface area contributed by atoms with Crippen molar-refractivity contribution < 1.29 is 55.1 Å². The van der Waals surface area contributed by atoms with E-state index in [0.717, 1.165) is 25.7 Å². The Balaban J connectivity index is 1.22. The van der Waals surface area contributed by atoms with Crippen molar-refractivity contribution in [1.29, 1.82) is 0 Å². The Bertz CT molecular complexity index is 1030. The van der Waals surface area contributed by atoms with Crippen LogP contribution in [0.5, 0.6) is 0 Å². The smallest absolute Gasteiger partial charge is 0.186 e. The first-order chi connectivity index (χ1) is 20.2. The molecule has 18 atom stereocenters. The highest BCUT2D eigenvalue weighted by Gasteiger charge is 2.83. The Morgan fingerprint density at radius 3 is 2.33 bits per heavy atom. The van der Waals surface area contributed by atoms with Crippen LogP contribution in [0.3, 0.4) is 0 Å². The molecule has 4 saturated carbocycles. The number of ether oxygens (including phenoxy) is 3. The number of rotatable bonds is 8. The molecule has 43 heavy (non-hydrogen) atoms. The van der Waals surface area contributed by atoms with Gasteiger partial charge in [-0.3, -0.25) is 0 Å². The van der Waals surface area contributed by atoms with Crippen molar-refractivity contribution in [2.24, 2.45) is 40.4 Å². The van der Waals surface area contributed by atoms with Gasteiger partial charge in [0.25, 0.3) is 0 Å². The molecule has 1 spiro atoms. The predicted octanol–water partition coefficient (Wildman–Crippen LogP) is 0.0629. The number of fused-ring (bicyclic) bond motifs is 4. The molecule has 2 aliphatic heterocycles. The standard InChI is InChI=1S/C32H54O11/c1-15(13-33)6-5-7-16(2)21-23(37)24(38)26-29(21,3)10-9-19-30(4)11-8-18(42-28-25(39)22(36)17(34)14-41-28)27-32(30,43-27)20(35)12-31(19,26)40/h15-28,33-40H,5-14H2,1-4H3/t15-,16+,17+,18-,19+,20+,21-,22-,23+,24-,25+,26+,27-,28-,29+,30+,31-,32-/m0/s1. The quantitative estimate of drug-likeness (QED) is 0.136. The largest absolute Gasteiger partial charge is 0.396 e. The molecule has 0 radical (unpaired) electrons. The molecule has 248 valence electrons. The van der Waals surface area contributed by atoms with Crippen LogP contribution in [0.15, 0.2) is 0 Å². The molecule has 0 aromatic heterocycles. The molecule has 6 rings (SSSR count). The molecule has 0 amide bonds. The number of hydrogen-bond acceptors (Lipinski definition) is 11. The zero-order valence-electron chi connectivity index (χ0n) is 26.0. The minimum atomic E-state index is -1.42. The van der Waals surface area contributed by atoms with Crippen LogP contribution in [-0.2, 0) is 14.2 Å². The second-order valence-corrected chi connectivity index (χ2v) is 15.7. The molecule has 2 heterocycles. The summed E-state index contributed by atoms with van der Waals surface area (Å²) < 4.78 is 17.9. The highest BCUT2D eigenvalue weighted by molar-refractivity contribution is 5.31. The fraction of sp³-hybridized carbons (Fsp3) is 1.00. The molecule has 6 aliphatic rings. The molecular formula is C32H54O11. The van der Waals surface area contributed by atoms with Gasteiger partial charge in [0, 0.05) is 24.4 Å². The number of epoxide rings is 1. The van der Waals surface area contributed by atoms with Gasteiger partial charge >= 0.3 is 0 Å². The molecule has 0 aromatic carbocycles. The lowest BCUT2D eigenvalue weighted by atomic mass is 9.41. The van der Waals surface area contributed by atoms with E-state index in [2.05, 4.69) is 20.8 Å². The first-order valence-corrected chi connectivity index (χ1v) is 16.5. The Labute approximate surface area is 254 Å². The minimum Gasteiger partial charge on any atom is -0.396 e. The third kappa shape index (κ3) is 4.55. The maximum Gasteiger partial charge on any atom is 0.186 e. The van der Waals surface area contributed by atoms with E-state index in [9.17, 15) is 40.9 Å². The van der Waals surface area contributed by atoms with E-state index in [-0.39, 0.29) is 43.3 Å². The highest BCUT2D eigenvalue weighted by atomic mass is 16.7. The topological polar surface area (TPSA) is 193 Å². The molecule has 0 bridgehead atoms. The van der Waals surface area contributed by atoms with Crippen LogP contribution in [0.2, 0.25) is 0 Å². The third-order valence-corrected chi connectivity index (χ3v) is 13.3. The molecule has 8 N–H and O–H groups in total. The second-order valence-electron chi connectivity index (χ2n) is 15.7. The maximum absolute atomic E-state index is 12.7. The minimum absolute atomic E-state index is 0.0170. The van der Waals surface area contributed by atoms with Gasteiger partial charge in [0.05, 0.1) is 36.6 Å². The molecule has 0 unspecified atom stereocenters. The molecule has 11 nitrogen and oxygen atoms in total. The summed E-state index contributed by atoms with van der Waals surface area (Å²) in [5.74, 6) is -0.751. The average molecular weight is 615 g/mol. The van der Waals surface area contributed by atoms with Gasteiger partial charge in [-0.25, -0.2) is 0 Å². The highest BCUT2D eigenvalue weighted by Crippen LogP contribution is 2.75. The number of aliphatic hydroxyl groups is 8. The lowest BCUT2D eigenvalue weighted by Crippen LogP contribution is -2.72. The summed E-state index contributed by atoms with van der Waals surface area (Å²) in [6, 6.07) is 0.